The molecule has 11 nitrogen and oxygen atoms in total. The van der Waals surface area contributed by atoms with Gasteiger partial charge < -0.3 is 40.3 Å². The van der Waals surface area contributed by atoms with Crippen molar-refractivity contribution in [3.05, 3.63) is 35.6 Å². The van der Waals surface area contributed by atoms with Gasteiger partial charge in [0.1, 0.15) is 24.1 Å². The summed E-state index contributed by atoms with van der Waals surface area (Å²) in [6, 6.07) is 4.20. The van der Waals surface area contributed by atoms with Gasteiger partial charge in [0.2, 0.25) is 5.91 Å². The number of nitrogens with two attached hydrogens (primary N) is 1. The molecule has 1 fully saturated rings. The van der Waals surface area contributed by atoms with Gasteiger partial charge in [0, 0.05) is 39.4 Å². The number of amides is 2. The van der Waals surface area contributed by atoms with Crippen molar-refractivity contribution >= 4 is 17.8 Å². The molecule has 12 heteroatoms. The second-order valence-electron chi connectivity index (χ2n) is 10.2. The topological polar surface area (TPSA) is 163 Å². The summed E-state index contributed by atoms with van der Waals surface area (Å²) in [6.45, 7) is 4.32. The second-order valence-corrected chi connectivity index (χ2v) is 10.2. The molecule has 0 bridgehead atoms. The molecule has 220 valence electrons. The van der Waals surface area contributed by atoms with Gasteiger partial charge in [0.25, 0.3) is 5.91 Å². The molecule has 1 aromatic rings. The van der Waals surface area contributed by atoms with Gasteiger partial charge in [0.05, 0.1) is 24.6 Å². The van der Waals surface area contributed by atoms with Gasteiger partial charge in [-0.15, -0.1) is 0 Å². The van der Waals surface area contributed by atoms with Crippen LogP contribution in [-0.2, 0) is 19.1 Å². The highest BCUT2D eigenvalue weighted by Gasteiger charge is 2.33. The maximum atomic E-state index is 14.6. The van der Waals surface area contributed by atoms with Crippen LogP contribution in [0.4, 0.5) is 4.39 Å². The number of aliphatic hydroxyl groups excluding tert-OH is 2. The van der Waals surface area contributed by atoms with Crippen molar-refractivity contribution in [2.75, 3.05) is 46.0 Å². The number of benzene rings is 1. The highest BCUT2D eigenvalue weighted by atomic mass is 19.1. The number of carbonyl (C=O) groups is 3. The zero-order chi connectivity index (χ0) is 28.9. The minimum atomic E-state index is -1.40. The van der Waals surface area contributed by atoms with E-state index in [0.29, 0.717) is 25.2 Å². The van der Waals surface area contributed by atoms with E-state index in [9.17, 15) is 29.0 Å². The van der Waals surface area contributed by atoms with E-state index in [2.05, 4.69) is 0 Å². The normalized spacial score (nSPS) is 22.8. The van der Waals surface area contributed by atoms with Crippen molar-refractivity contribution in [2.24, 2.45) is 11.7 Å². The molecule has 0 aromatic heterocycles. The molecule has 39 heavy (non-hydrogen) atoms. The lowest BCUT2D eigenvalue weighted by Gasteiger charge is -2.34. The van der Waals surface area contributed by atoms with E-state index in [1.54, 1.807) is 0 Å². The van der Waals surface area contributed by atoms with E-state index in [1.807, 2.05) is 13.8 Å². The minimum Gasteiger partial charge on any atom is -0.481 e. The third kappa shape index (κ3) is 10.8. The standard InChI is InChI=1S/C27H42FN3O8/c1-18(2)9-14-39-23-16-31(26(36)19-7-3-4-8-20(19)28)12-11-30(27(37)21(29)15-24(33)34)10-5-6-13-38-17-22(32)25(23)35/h3-4,7-8,18,21-23,25,32,35H,5-6,9-17,29H2,1-2H3,(H,33,34)/t21-,22+,23+,25+/m0/s1. The number of aliphatic hydroxyl groups is 2. The predicted molar refractivity (Wildman–Crippen MR) is 140 cm³/mol. The van der Waals surface area contributed by atoms with Crippen molar-refractivity contribution in [1.82, 2.24) is 9.80 Å². The van der Waals surface area contributed by atoms with Crippen LogP contribution in [0.3, 0.4) is 0 Å². The number of hydrogen-bond donors (Lipinski definition) is 4. The molecule has 0 aliphatic carbocycles. The van der Waals surface area contributed by atoms with Crippen molar-refractivity contribution in [1.29, 1.82) is 0 Å². The number of hydrogen-bond acceptors (Lipinski definition) is 8. The van der Waals surface area contributed by atoms with E-state index in [4.69, 9.17) is 20.3 Å². The Morgan fingerprint density at radius 3 is 2.49 bits per heavy atom. The summed E-state index contributed by atoms with van der Waals surface area (Å²) < 4.78 is 26.0. The van der Waals surface area contributed by atoms with Crippen LogP contribution >= 0.6 is 0 Å². The van der Waals surface area contributed by atoms with Crippen LogP contribution in [0.15, 0.2) is 24.3 Å². The van der Waals surface area contributed by atoms with E-state index in [1.165, 1.54) is 28.0 Å². The monoisotopic (exact) mass is 555 g/mol. The number of carboxylic acid groups (broad SMARTS) is 1. The summed E-state index contributed by atoms with van der Waals surface area (Å²) >= 11 is 0. The zero-order valence-electron chi connectivity index (χ0n) is 22.7. The average molecular weight is 556 g/mol. The first-order valence-electron chi connectivity index (χ1n) is 13.4. The Morgan fingerprint density at radius 2 is 1.82 bits per heavy atom. The predicted octanol–water partition coefficient (Wildman–Crippen LogP) is 0.862. The van der Waals surface area contributed by atoms with E-state index < -0.39 is 54.4 Å². The molecule has 2 amide bonds. The van der Waals surface area contributed by atoms with Crippen LogP contribution in [0.1, 0.15) is 49.9 Å². The third-order valence-corrected chi connectivity index (χ3v) is 6.51. The maximum Gasteiger partial charge on any atom is 0.305 e. The molecule has 0 radical (unpaired) electrons. The van der Waals surface area contributed by atoms with Gasteiger partial charge in [0.15, 0.2) is 0 Å². The molecule has 0 unspecified atom stereocenters. The lowest BCUT2D eigenvalue weighted by molar-refractivity contribution is -0.142. The van der Waals surface area contributed by atoms with E-state index >= 15 is 0 Å². The number of carbonyl (C=O) groups excluding carboxylic acids is 2. The Morgan fingerprint density at radius 1 is 1.13 bits per heavy atom. The number of carboxylic acids is 1. The fourth-order valence-electron chi connectivity index (χ4n) is 4.15. The first-order valence-corrected chi connectivity index (χ1v) is 13.4. The van der Waals surface area contributed by atoms with Crippen molar-refractivity contribution in [2.45, 2.75) is 63.9 Å². The number of ether oxygens (including phenoxy) is 2. The zero-order valence-corrected chi connectivity index (χ0v) is 22.7. The summed E-state index contributed by atoms with van der Waals surface area (Å²) in [5.41, 5.74) is 5.65. The maximum absolute atomic E-state index is 14.6. The Labute approximate surface area is 228 Å². The molecule has 1 saturated heterocycles. The molecule has 2 rings (SSSR count). The van der Waals surface area contributed by atoms with Crippen molar-refractivity contribution in [3.63, 3.8) is 0 Å². The van der Waals surface area contributed by atoms with Crippen LogP contribution in [-0.4, -0.2) is 113 Å². The quantitative estimate of drug-likeness (QED) is 0.364. The van der Waals surface area contributed by atoms with Gasteiger partial charge in [-0.1, -0.05) is 26.0 Å². The van der Waals surface area contributed by atoms with Gasteiger partial charge in [-0.05, 0) is 37.3 Å². The SMILES string of the molecule is CC(C)CCO[C@@H]1CN(C(=O)c2ccccc2F)CCN(C(=O)[C@@H](N)CC(=O)O)CCCCOC[C@@H](O)[C@H]1O. The minimum absolute atomic E-state index is 0.00936. The third-order valence-electron chi connectivity index (χ3n) is 6.51. The fraction of sp³-hybridized carbons (Fsp3) is 0.667. The number of halogens is 1. The van der Waals surface area contributed by atoms with Crippen LogP contribution in [0.25, 0.3) is 0 Å². The highest BCUT2D eigenvalue weighted by molar-refractivity contribution is 5.94. The van der Waals surface area contributed by atoms with Gasteiger partial charge in [-0.25, -0.2) is 4.39 Å². The average Bonchev–Trinajstić information content (AvgIpc) is 2.88. The molecule has 0 saturated carbocycles. The second kappa shape index (κ2) is 16.5. The van der Waals surface area contributed by atoms with Crippen molar-refractivity contribution in [3.8, 4) is 0 Å². The molecule has 5 N–H and O–H groups in total. The molecule has 1 aliphatic rings. The van der Waals surface area contributed by atoms with Crippen LogP contribution in [0.5, 0.6) is 0 Å². The molecule has 1 heterocycles. The Hall–Kier alpha value is -2.64. The molecule has 1 aromatic carbocycles. The van der Waals surface area contributed by atoms with Crippen LogP contribution in [0.2, 0.25) is 0 Å². The largest absolute Gasteiger partial charge is 0.481 e. The number of rotatable bonds is 8. The highest BCUT2D eigenvalue weighted by Crippen LogP contribution is 2.16. The Bertz CT molecular complexity index is 934. The summed E-state index contributed by atoms with van der Waals surface area (Å²) in [4.78, 5) is 40.2. The van der Waals surface area contributed by atoms with E-state index in [0.717, 1.165) is 6.07 Å². The lowest BCUT2D eigenvalue weighted by atomic mass is 10.1. The molecular formula is C27H42FN3O8. The summed E-state index contributed by atoms with van der Waals surface area (Å²) in [6.07, 6.45) is -2.58. The molecular weight excluding hydrogens is 513 g/mol. The van der Waals surface area contributed by atoms with Gasteiger partial charge in [-0.2, -0.15) is 0 Å². The smallest absolute Gasteiger partial charge is 0.305 e. The Balaban J connectivity index is 2.38. The van der Waals surface area contributed by atoms with E-state index in [-0.39, 0.29) is 51.6 Å². The number of aliphatic carboxylic acids is 1. The number of nitrogens with zero attached hydrogens (tertiary/aromatic N) is 2. The first-order chi connectivity index (χ1) is 18.5. The fourth-order valence-corrected chi connectivity index (χ4v) is 4.15. The van der Waals surface area contributed by atoms with Crippen LogP contribution in [0, 0.1) is 11.7 Å². The van der Waals surface area contributed by atoms with Crippen LogP contribution < -0.4 is 5.73 Å². The summed E-state index contributed by atoms with van der Waals surface area (Å²) in [7, 11) is 0. The lowest BCUT2D eigenvalue weighted by Crippen LogP contribution is -2.52. The molecule has 4 atom stereocenters. The molecule has 0 spiro atoms. The molecule has 1 aliphatic heterocycles. The van der Waals surface area contributed by atoms with Crippen molar-refractivity contribution < 1.29 is 43.6 Å². The van der Waals surface area contributed by atoms with Gasteiger partial charge >= 0.3 is 5.97 Å². The first kappa shape index (κ1) is 32.6. The summed E-state index contributed by atoms with van der Waals surface area (Å²) in [5, 5.41) is 30.6. The van der Waals surface area contributed by atoms with Gasteiger partial charge in [-0.3, -0.25) is 14.4 Å². The Kier molecular flexibility index (Phi) is 13.7. The summed E-state index contributed by atoms with van der Waals surface area (Å²) in [5.74, 6) is -2.90.